The molecule has 0 saturated heterocycles. The van der Waals surface area contributed by atoms with E-state index in [4.69, 9.17) is 9.47 Å². The number of ether oxygens (including phenoxy) is 2. The van der Waals surface area contributed by atoms with Crippen molar-refractivity contribution in [2.45, 2.75) is 123 Å². The van der Waals surface area contributed by atoms with Crippen LogP contribution in [0.4, 0.5) is 55.1 Å². The van der Waals surface area contributed by atoms with Crippen LogP contribution >= 0.6 is 11.8 Å². The Labute approximate surface area is 538 Å². The highest BCUT2D eigenvalue weighted by Crippen LogP contribution is 2.20. The lowest BCUT2D eigenvalue weighted by atomic mass is 10.1. The van der Waals surface area contributed by atoms with Crippen molar-refractivity contribution in [3.8, 4) is 0 Å². The molecule has 91 heavy (non-hydrogen) atoms. The maximum Gasteiger partial charge on any atom is 0.407 e. The number of nitrogens with one attached hydrogen (secondary N) is 11. The number of rotatable bonds is 49. The molecule has 28 nitrogen and oxygen atoms in total. The highest BCUT2D eigenvalue weighted by atomic mass is 32.2. The summed E-state index contributed by atoms with van der Waals surface area (Å²) in [6.07, 6.45) is 7.57. The lowest BCUT2D eigenvalue weighted by Gasteiger charge is -2.22. The van der Waals surface area contributed by atoms with Gasteiger partial charge in [-0.1, -0.05) is 0 Å². The average molecular weight is 1300 g/mol. The third-order valence-electron chi connectivity index (χ3n) is 14.7. The number of carbonyl (C=O) groups is 3. The molecular weight excluding hydrogens is 1190 g/mol. The quantitative estimate of drug-likeness (QED) is 0.0222. The van der Waals surface area contributed by atoms with E-state index in [1.54, 1.807) is 0 Å². The van der Waals surface area contributed by atoms with E-state index in [1.807, 2.05) is 76.0 Å². The third-order valence-corrected chi connectivity index (χ3v) is 15.4. The summed E-state index contributed by atoms with van der Waals surface area (Å²) in [6, 6.07) is -0.792. The van der Waals surface area contributed by atoms with Crippen LogP contribution in [0.5, 0.6) is 0 Å². The molecule has 1 unspecified atom stereocenters. The van der Waals surface area contributed by atoms with Gasteiger partial charge in [-0.05, 0) is 198 Å². The zero-order valence-corrected chi connectivity index (χ0v) is 56.4. The van der Waals surface area contributed by atoms with Crippen LogP contribution in [0.3, 0.4) is 0 Å². The van der Waals surface area contributed by atoms with Crippen molar-refractivity contribution >= 4 is 75.4 Å². The molecule has 510 valence electrons. The van der Waals surface area contributed by atoms with E-state index in [9.17, 15) is 52.7 Å². The summed E-state index contributed by atoms with van der Waals surface area (Å²) in [7, 11) is 7.88. The van der Waals surface area contributed by atoms with Gasteiger partial charge in [0.25, 0.3) is 43.4 Å². The van der Waals surface area contributed by atoms with Gasteiger partial charge in [-0.2, -0.15) is 11.8 Å². The predicted molar refractivity (Wildman–Crippen MR) is 368 cm³/mol. The molecule has 29 heteroatoms. The van der Waals surface area contributed by atoms with Gasteiger partial charge in [-0.25, -0.2) is 9.59 Å². The summed E-state index contributed by atoms with van der Waals surface area (Å²) in [5.41, 5.74) is -3.92. The number of nitrogens with zero attached hydrogens (tertiary/aromatic N) is 4. The highest BCUT2D eigenvalue weighted by Gasteiger charge is 2.28. The Morgan fingerprint density at radius 1 is 0.363 bits per heavy atom. The molecule has 11 N–H and O–H groups in total. The average Bonchev–Trinajstić information content (AvgIpc) is 0.828. The second kappa shape index (κ2) is 38.7. The van der Waals surface area contributed by atoms with E-state index in [0.717, 1.165) is 51.9 Å². The van der Waals surface area contributed by atoms with Crippen LogP contribution < -0.4 is 102 Å². The van der Waals surface area contributed by atoms with Gasteiger partial charge >= 0.3 is 12.2 Å². The van der Waals surface area contributed by atoms with Gasteiger partial charge in [-0.15, -0.1) is 0 Å². The summed E-state index contributed by atoms with van der Waals surface area (Å²) in [4.78, 5) is 145. The molecule has 4 aromatic rings. The molecule has 0 aliphatic carbocycles. The number of carbonyl (C=O) groups excluding carboxylic acids is 3. The van der Waals surface area contributed by atoms with Crippen LogP contribution in [-0.4, -0.2) is 213 Å². The van der Waals surface area contributed by atoms with E-state index in [0.29, 0.717) is 152 Å². The number of thioether (sulfide) groups is 1. The molecule has 0 spiro atoms. The maximum absolute atomic E-state index is 13.4. The van der Waals surface area contributed by atoms with Crippen LogP contribution in [0, 0.1) is 0 Å². The fourth-order valence-electron chi connectivity index (χ4n) is 9.73. The van der Waals surface area contributed by atoms with Crippen molar-refractivity contribution in [3.05, 3.63) is 81.8 Å². The van der Waals surface area contributed by atoms with Crippen molar-refractivity contribution in [2.75, 3.05) is 201 Å². The van der Waals surface area contributed by atoms with Crippen LogP contribution in [0.15, 0.2) is 38.4 Å². The van der Waals surface area contributed by atoms with E-state index in [2.05, 4.69) is 78.1 Å². The monoisotopic (exact) mass is 1300 g/mol. The topological polar surface area (TPSA) is 352 Å². The zero-order valence-electron chi connectivity index (χ0n) is 55.6. The summed E-state index contributed by atoms with van der Waals surface area (Å²) in [5, 5.41) is 33.0. The van der Waals surface area contributed by atoms with Crippen LogP contribution in [0.1, 0.15) is 106 Å². The van der Waals surface area contributed by atoms with E-state index < -0.39 is 72.9 Å². The molecule has 0 radical (unpaired) electrons. The molecule has 1 atom stereocenters. The predicted octanol–water partition coefficient (Wildman–Crippen LogP) is 1.99. The molecule has 0 fully saturated rings. The normalized spacial score (nSPS) is 12.3. The Balaban J connectivity index is 1.05. The smallest absolute Gasteiger partial charge is 0.407 e. The van der Waals surface area contributed by atoms with Crippen molar-refractivity contribution in [1.29, 1.82) is 0 Å². The van der Waals surface area contributed by atoms with Crippen molar-refractivity contribution in [2.24, 2.45) is 0 Å². The Hall–Kier alpha value is -7.08. The maximum atomic E-state index is 13.4. The summed E-state index contributed by atoms with van der Waals surface area (Å²) in [6.45, 7) is 21.1. The minimum atomic E-state index is -0.792. The molecule has 0 saturated carbocycles. The fraction of sp³-hybridized carbons (Fsp3) is 0.694. The number of alkyl carbamates (subject to hydrolysis) is 2. The number of hydrogen-bond donors (Lipinski definition) is 11. The third kappa shape index (κ3) is 26.6. The first-order valence-corrected chi connectivity index (χ1v) is 33.2. The number of amides is 3. The standard InChI is InChI=1S/C62H103N15O13S/c1-61(2,3)89-59(87)71-30-19-38-76(9)35-16-27-67-46-44(52(80)54(46)82)65-25-14-33-74(7)32-13-24-64-43-42(50(78)51(43)79)63-22-12-23-70-58(86)41(21-40-91-11)73-49-48(56(84)57(49)85)69-29-18-37-75(8)34-15-26-66-45-47(55(83)53(45)81)68-28-17-36-77(10)39-20-31-72-60(88)90-62(4,5)6/h41,63-69,73H,12-40H2,1-11H3,(H,70,86)(H,71,87)(H,72,88). The van der Waals surface area contributed by atoms with Gasteiger partial charge in [0.15, 0.2) is 0 Å². The van der Waals surface area contributed by atoms with Gasteiger partial charge in [0.2, 0.25) is 5.91 Å². The van der Waals surface area contributed by atoms with Gasteiger partial charge < -0.3 is 87.6 Å². The SMILES string of the molecule is CSCCC(Nc1c(NCCCN(C)CCCNc2c(NCCCN(C)CCCNC(=O)OC(C)(C)C)c(=O)c2=O)c(=O)c1=O)C(=O)NCCCNc1c(NCCCN(C)CCCNc2c(NCCCN(C)CCCNC(=O)OC(C)(C)C)c(=O)c2=O)c(=O)c1=O. The molecule has 0 heterocycles. The van der Waals surface area contributed by atoms with E-state index >= 15 is 0 Å². The first-order chi connectivity index (χ1) is 43.1. The largest absolute Gasteiger partial charge is 0.444 e. The van der Waals surface area contributed by atoms with E-state index in [1.165, 1.54) is 11.8 Å². The Bertz CT molecular complexity index is 3200. The first kappa shape index (κ1) is 76.4. The molecule has 3 amide bonds. The van der Waals surface area contributed by atoms with Gasteiger partial charge in [-0.3, -0.25) is 43.2 Å². The van der Waals surface area contributed by atoms with Crippen molar-refractivity contribution in [1.82, 2.24) is 35.6 Å². The first-order valence-electron chi connectivity index (χ1n) is 31.8. The number of anilines is 8. The molecule has 4 rings (SSSR count). The molecule has 4 aromatic carbocycles. The van der Waals surface area contributed by atoms with Gasteiger partial charge in [0, 0.05) is 65.4 Å². The molecule has 0 aliphatic rings. The molecule has 0 aromatic heterocycles. The van der Waals surface area contributed by atoms with Crippen LogP contribution in [0.2, 0.25) is 0 Å². The fourth-order valence-corrected chi connectivity index (χ4v) is 10.2. The lowest BCUT2D eigenvalue weighted by Crippen LogP contribution is -2.45. The van der Waals surface area contributed by atoms with Crippen LogP contribution in [-0.2, 0) is 14.3 Å². The van der Waals surface area contributed by atoms with Gasteiger partial charge in [0.1, 0.15) is 62.7 Å². The zero-order chi connectivity index (χ0) is 67.3. The highest BCUT2D eigenvalue weighted by molar-refractivity contribution is 7.98. The second-order valence-electron chi connectivity index (χ2n) is 25.1. The molecule has 0 bridgehead atoms. The van der Waals surface area contributed by atoms with Crippen molar-refractivity contribution < 1.29 is 23.9 Å². The summed E-state index contributed by atoms with van der Waals surface area (Å²) >= 11 is 1.54. The van der Waals surface area contributed by atoms with Gasteiger partial charge in [0.05, 0.1) is 0 Å². The lowest BCUT2D eigenvalue weighted by molar-refractivity contribution is -0.121. The van der Waals surface area contributed by atoms with Crippen molar-refractivity contribution in [3.63, 3.8) is 0 Å². The summed E-state index contributed by atoms with van der Waals surface area (Å²) in [5.74, 6) is 0.257. The minimum absolute atomic E-state index is 0.0734. The summed E-state index contributed by atoms with van der Waals surface area (Å²) < 4.78 is 10.5. The molecular formula is C62H103N15O13S. The van der Waals surface area contributed by atoms with E-state index in [-0.39, 0.29) is 35.2 Å². The second-order valence-corrected chi connectivity index (χ2v) is 26.1. The molecule has 0 aliphatic heterocycles. The van der Waals surface area contributed by atoms with Crippen LogP contribution in [0.25, 0.3) is 0 Å². The Kier molecular flexibility index (Phi) is 32.5. The Morgan fingerprint density at radius 3 is 0.857 bits per heavy atom. The number of hydrogen-bond acceptors (Lipinski definition) is 26. The minimum Gasteiger partial charge on any atom is -0.444 e. The Morgan fingerprint density at radius 2 is 0.593 bits per heavy atom.